The van der Waals surface area contributed by atoms with Crippen LogP contribution in [0.5, 0.6) is 0 Å². The van der Waals surface area contributed by atoms with Gasteiger partial charge in [0.1, 0.15) is 6.04 Å². The molecular weight excluding hydrogens is 632 g/mol. The van der Waals surface area contributed by atoms with Crippen molar-refractivity contribution in [3.63, 3.8) is 0 Å². The maximum atomic E-state index is 13.1. The van der Waals surface area contributed by atoms with Gasteiger partial charge in [0.2, 0.25) is 5.91 Å². The van der Waals surface area contributed by atoms with Crippen LogP contribution in [0.3, 0.4) is 0 Å². The molecule has 0 bridgehead atoms. The highest BCUT2D eigenvalue weighted by molar-refractivity contribution is 6.30. The van der Waals surface area contributed by atoms with Crippen LogP contribution < -0.4 is 15.5 Å². The number of aromatic nitrogens is 1. The van der Waals surface area contributed by atoms with Crippen molar-refractivity contribution in [2.45, 2.75) is 31.4 Å². The van der Waals surface area contributed by atoms with Gasteiger partial charge in [-0.3, -0.25) is 9.78 Å². The number of amides is 3. The number of carbonyl (C=O) groups excluding carboxylic acids is 2. The van der Waals surface area contributed by atoms with E-state index in [1.807, 2.05) is 12.1 Å². The Kier molecular flexibility index (Phi) is 14.6. The van der Waals surface area contributed by atoms with E-state index in [4.69, 9.17) is 36.1 Å². The smallest absolute Gasteiger partial charge is 0.475 e. The summed E-state index contributed by atoms with van der Waals surface area (Å²) in [5.74, 6) is -5.68. The van der Waals surface area contributed by atoms with Crippen LogP contribution in [-0.2, 0) is 19.1 Å². The zero-order chi connectivity index (χ0) is 33.7. The molecule has 1 saturated heterocycles. The Morgan fingerprint density at radius 3 is 1.75 bits per heavy atom. The first-order chi connectivity index (χ1) is 20.4. The third-order valence-electron chi connectivity index (χ3n) is 5.60. The highest BCUT2D eigenvalue weighted by atomic mass is 35.5. The maximum absolute atomic E-state index is 13.1. The van der Waals surface area contributed by atoms with Crippen molar-refractivity contribution in [2.24, 2.45) is 0 Å². The van der Waals surface area contributed by atoms with Gasteiger partial charge in [0.15, 0.2) is 0 Å². The number of hydrogen-bond donors (Lipinski definition) is 4. The highest BCUT2D eigenvalue weighted by Gasteiger charge is 2.39. The first-order valence-electron chi connectivity index (χ1n) is 12.3. The maximum Gasteiger partial charge on any atom is 0.490 e. The zero-order valence-corrected chi connectivity index (χ0v) is 23.8. The number of anilines is 2. The van der Waals surface area contributed by atoms with Crippen LogP contribution in [0, 0.1) is 0 Å². The molecule has 12 nitrogen and oxygen atoms in total. The van der Waals surface area contributed by atoms with E-state index in [1.54, 1.807) is 48.5 Å². The van der Waals surface area contributed by atoms with E-state index in [0.717, 1.165) is 5.69 Å². The van der Waals surface area contributed by atoms with Crippen LogP contribution in [-0.4, -0.2) is 102 Å². The summed E-state index contributed by atoms with van der Waals surface area (Å²) in [5.41, 5.74) is 1.67. The number of benzene rings is 1. The second-order valence-electron chi connectivity index (χ2n) is 8.65. The fourth-order valence-electron chi connectivity index (χ4n) is 3.29. The SMILES string of the molecule is CO[C@@H](C)[C@@H](NC(=O)Nc1ccc(Cl)cc1)C(=O)N1CCN(c2ccncc2)CC1.O=C(O)C(F)(F)F.O=C(O)C(F)(F)F. The van der Waals surface area contributed by atoms with Crippen molar-refractivity contribution in [2.75, 3.05) is 43.5 Å². The molecule has 0 spiro atoms. The van der Waals surface area contributed by atoms with Gasteiger partial charge in [-0.1, -0.05) is 11.6 Å². The number of piperazine rings is 1. The van der Waals surface area contributed by atoms with Crippen molar-refractivity contribution in [3.05, 3.63) is 53.8 Å². The number of urea groups is 1. The number of nitrogens with one attached hydrogen (secondary N) is 2. The summed E-state index contributed by atoms with van der Waals surface area (Å²) >= 11 is 5.87. The van der Waals surface area contributed by atoms with E-state index in [-0.39, 0.29) is 5.91 Å². The van der Waals surface area contributed by atoms with Crippen LogP contribution in [0.25, 0.3) is 0 Å². The van der Waals surface area contributed by atoms with Crippen molar-refractivity contribution in [1.29, 1.82) is 0 Å². The van der Waals surface area contributed by atoms with Crippen molar-refractivity contribution >= 4 is 46.9 Å². The van der Waals surface area contributed by atoms with Crippen LogP contribution in [0.4, 0.5) is 42.5 Å². The minimum absolute atomic E-state index is 0.162. The number of pyridine rings is 1. The monoisotopic (exact) mass is 659 g/mol. The number of carboxylic acid groups (broad SMARTS) is 2. The molecule has 2 aromatic rings. The molecule has 44 heavy (non-hydrogen) atoms. The Morgan fingerprint density at radius 2 is 1.34 bits per heavy atom. The number of carbonyl (C=O) groups is 4. The molecule has 0 unspecified atom stereocenters. The highest BCUT2D eigenvalue weighted by Crippen LogP contribution is 2.17. The van der Waals surface area contributed by atoms with Gasteiger partial charge >= 0.3 is 30.3 Å². The molecule has 1 fully saturated rings. The Morgan fingerprint density at radius 1 is 0.886 bits per heavy atom. The van der Waals surface area contributed by atoms with Gasteiger partial charge in [-0.15, -0.1) is 0 Å². The van der Waals surface area contributed by atoms with Gasteiger partial charge in [0, 0.05) is 62.1 Å². The first kappa shape index (κ1) is 37.7. The molecule has 1 aliphatic heterocycles. The zero-order valence-electron chi connectivity index (χ0n) is 23.0. The molecule has 3 amide bonds. The number of rotatable bonds is 6. The Labute approximate surface area is 251 Å². The lowest BCUT2D eigenvalue weighted by molar-refractivity contribution is -0.193. The molecule has 0 aliphatic carbocycles. The van der Waals surface area contributed by atoms with E-state index in [2.05, 4.69) is 20.5 Å². The summed E-state index contributed by atoms with van der Waals surface area (Å²) in [6, 6.07) is 9.38. The number of carboxylic acids is 2. The van der Waals surface area contributed by atoms with E-state index in [9.17, 15) is 35.9 Å². The van der Waals surface area contributed by atoms with Crippen molar-refractivity contribution < 1.29 is 60.5 Å². The van der Waals surface area contributed by atoms with Gasteiger partial charge in [-0.25, -0.2) is 14.4 Å². The molecule has 2 heterocycles. The second-order valence-corrected chi connectivity index (χ2v) is 9.08. The Hall–Kier alpha value is -4.32. The molecule has 3 rings (SSSR count). The minimum atomic E-state index is -5.08. The molecule has 19 heteroatoms. The number of aliphatic carboxylic acids is 2. The molecule has 1 aromatic heterocycles. The summed E-state index contributed by atoms with van der Waals surface area (Å²) in [6.07, 6.45) is -7.13. The molecule has 2 atom stereocenters. The predicted molar refractivity (Wildman–Crippen MR) is 144 cm³/mol. The van der Waals surface area contributed by atoms with Crippen LogP contribution in [0.1, 0.15) is 6.92 Å². The number of alkyl halides is 6. The van der Waals surface area contributed by atoms with E-state index >= 15 is 0 Å². The third-order valence-corrected chi connectivity index (χ3v) is 5.85. The summed E-state index contributed by atoms with van der Waals surface area (Å²) in [5, 5.41) is 20.3. The summed E-state index contributed by atoms with van der Waals surface area (Å²) in [4.78, 5) is 51.4. The molecule has 0 saturated carbocycles. The van der Waals surface area contributed by atoms with Gasteiger partial charge in [-0.2, -0.15) is 26.3 Å². The molecule has 244 valence electrons. The van der Waals surface area contributed by atoms with E-state index in [1.165, 1.54) is 7.11 Å². The molecule has 1 aliphatic rings. The number of nitrogens with zero attached hydrogens (tertiary/aromatic N) is 3. The summed E-state index contributed by atoms with van der Waals surface area (Å²) in [6.45, 7) is 4.31. The lowest BCUT2D eigenvalue weighted by Gasteiger charge is -2.38. The van der Waals surface area contributed by atoms with Crippen molar-refractivity contribution in [3.8, 4) is 0 Å². The van der Waals surface area contributed by atoms with Gasteiger partial charge in [0.05, 0.1) is 6.10 Å². The number of halogens is 7. The van der Waals surface area contributed by atoms with E-state index in [0.29, 0.717) is 36.9 Å². The van der Waals surface area contributed by atoms with Gasteiger partial charge in [0.25, 0.3) is 0 Å². The van der Waals surface area contributed by atoms with E-state index < -0.39 is 42.5 Å². The summed E-state index contributed by atoms with van der Waals surface area (Å²) < 4.78 is 68.8. The topological polar surface area (TPSA) is 161 Å². The lowest BCUT2D eigenvalue weighted by Crippen LogP contribution is -2.58. The first-order valence-corrected chi connectivity index (χ1v) is 12.6. The summed E-state index contributed by atoms with van der Waals surface area (Å²) in [7, 11) is 1.52. The third kappa shape index (κ3) is 13.3. The Bertz CT molecular complexity index is 1200. The second kappa shape index (κ2) is 17.1. The minimum Gasteiger partial charge on any atom is -0.475 e. The average Bonchev–Trinajstić information content (AvgIpc) is 2.96. The Balaban J connectivity index is 0.000000574. The predicted octanol–water partition coefficient (Wildman–Crippen LogP) is 3.88. The van der Waals surface area contributed by atoms with Crippen molar-refractivity contribution in [1.82, 2.24) is 15.2 Å². The number of ether oxygens (including phenoxy) is 1. The molecular formula is C25H28ClF6N5O7. The number of methoxy groups -OCH3 is 1. The quantitative estimate of drug-likeness (QED) is 0.338. The van der Waals surface area contributed by atoms with Crippen LogP contribution in [0.2, 0.25) is 5.02 Å². The molecule has 4 N–H and O–H groups in total. The average molecular weight is 660 g/mol. The van der Waals surface area contributed by atoms with Gasteiger partial charge < -0.3 is 35.4 Å². The largest absolute Gasteiger partial charge is 0.490 e. The lowest BCUT2D eigenvalue weighted by atomic mass is 10.1. The fourth-order valence-corrected chi connectivity index (χ4v) is 3.42. The molecule has 0 radical (unpaired) electrons. The number of hydrogen-bond acceptors (Lipinski definition) is 7. The van der Waals surface area contributed by atoms with Crippen LogP contribution in [0.15, 0.2) is 48.8 Å². The normalized spacial score (nSPS) is 14.5. The standard InChI is InChI=1S/C21H26ClN5O3.2C2HF3O2/c1-15(30-2)19(25-21(29)24-17-5-3-16(22)4-6-17)20(28)27-13-11-26(12-14-27)18-7-9-23-10-8-18;2*3-2(4,5)1(6)7/h3-10,15,19H,11-14H2,1-2H3,(H2,24,25,29);2*(H,6,7)/t15-,19+;;/m0../s1. The van der Waals surface area contributed by atoms with Crippen LogP contribution >= 0.6 is 11.6 Å². The van der Waals surface area contributed by atoms with Gasteiger partial charge in [-0.05, 0) is 43.3 Å². The molecule has 1 aromatic carbocycles. The fraction of sp³-hybridized carbons (Fsp3) is 0.400.